The Hall–Kier alpha value is -1.64. The average molecular weight is 260 g/mol. The first kappa shape index (κ1) is 13.8. The number of aryl methyl sites for hydroxylation is 1. The maximum atomic E-state index is 8.89. The van der Waals surface area contributed by atoms with E-state index in [0.29, 0.717) is 24.8 Å². The van der Waals surface area contributed by atoms with Crippen molar-refractivity contribution in [2.24, 2.45) is 0 Å². The number of nitriles is 1. The van der Waals surface area contributed by atoms with Gasteiger partial charge in [-0.15, -0.1) is 0 Å². The summed E-state index contributed by atoms with van der Waals surface area (Å²) in [6.07, 6.45) is 2.55. The zero-order chi connectivity index (χ0) is 13.5. The Morgan fingerprint density at radius 1 is 1.47 bits per heavy atom. The van der Waals surface area contributed by atoms with Gasteiger partial charge in [-0.3, -0.25) is 0 Å². The smallest absolute Gasteiger partial charge is 0.127 e. The van der Waals surface area contributed by atoms with Crippen LogP contribution in [0.4, 0.5) is 5.82 Å². The van der Waals surface area contributed by atoms with Gasteiger partial charge in [0, 0.05) is 12.2 Å². The largest absolute Gasteiger partial charge is 0.376 e. The molecular weight excluding hydrogens is 240 g/mol. The van der Waals surface area contributed by atoms with E-state index in [0.717, 1.165) is 37.4 Å². The van der Waals surface area contributed by atoms with Gasteiger partial charge in [-0.1, -0.05) is 0 Å². The van der Waals surface area contributed by atoms with Gasteiger partial charge >= 0.3 is 0 Å². The highest BCUT2D eigenvalue weighted by molar-refractivity contribution is 5.44. The fraction of sp³-hybridized carbons (Fsp3) is 0.571. The molecule has 0 spiro atoms. The number of aromatic nitrogens is 1. The van der Waals surface area contributed by atoms with E-state index in [1.807, 2.05) is 6.92 Å². The third-order valence-corrected chi connectivity index (χ3v) is 3.13. The SMILES string of the molecule is Cc1cc(C#N)cc(NCCOC2CCNCC2)n1. The second-order valence-corrected chi connectivity index (χ2v) is 4.74. The predicted molar refractivity (Wildman–Crippen MR) is 74.0 cm³/mol. The van der Waals surface area contributed by atoms with Gasteiger partial charge in [-0.2, -0.15) is 5.26 Å². The molecule has 102 valence electrons. The Morgan fingerprint density at radius 2 is 2.26 bits per heavy atom. The number of hydrogen-bond donors (Lipinski definition) is 2. The summed E-state index contributed by atoms with van der Waals surface area (Å²) in [6.45, 7) is 5.36. The average Bonchev–Trinajstić information content (AvgIpc) is 2.44. The molecule has 2 N–H and O–H groups in total. The maximum absolute atomic E-state index is 8.89. The second kappa shape index (κ2) is 7.07. The first-order valence-corrected chi connectivity index (χ1v) is 6.73. The molecule has 1 aliphatic heterocycles. The lowest BCUT2D eigenvalue weighted by Gasteiger charge is -2.23. The lowest BCUT2D eigenvalue weighted by atomic mass is 10.1. The van der Waals surface area contributed by atoms with Crippen LogP contribution in [0, 0.1) is 18.3 Å². The van der Waals surface area contributed by atoms with E-state index in [1.165, 1.54) is 0 Å². The van der Waals surface area contributed by atoms with E-state index < -0.39 is 0 Å². The molecule has 1 fully saturated rings. The Labute approximate surface area is 114 Å². The van der Waals surface area contributed by atoms with Crippen molar-refractivity contribution < 1.29 is 4.74 Å². The highest BCUT2D eigenvalue weighted by atomic mass is 16.5. The molecule has 2 rings (SSSR count). The maximum Gasteiger partial charge on any atom is 0.127 e. The predicted octanol–water partition coefficient (Wildman–Crippen LogP) is 1.44. The molecule has 1 saturated heterocycles. The Kier molecular flexibility index (Phi) is 5.13. The van der Waals surface area contributed by atoms with Crippen molar-refractivity contribution in [3.8, 4) is 6.07 Å². The third kappa shape index (κ3) is 4.51. The molecule has 0 aliphatic carbocycles. The first-order valence-electron chi connectivity index (χ1n) is 6.73. The van der Waals surface area contributed by atoms with Gasteiger partial charge < -0.3 is 15.4 Å². The van der Waals surface area contributed by atoms with Gasteiger partial charge in [0.25, 0.3) is 0 Å². The summed E-state index contributed by atoms with van der Waals surface area (Å²) in [7, 11) is 0. The number of nitrogens with one attached hydrogen (secondary N) is 2. The Morgan fingerprint density at radius 3 is 3.00 bits per heavy atom. The molecule has 0 atom stereocenters. The van der Waals surface area contributed by atoms with Gasteiger partial charge in [0.2, 0.25) is 0 Å². The summed E-state index contributed by atoms with van der Waals surface area (Å²) < 4.78 is 5.80. The third-order valence-electron chi connectivity index (χ3n) is 3.13. The van der Waals surface area contributed by atoms with E-state index >= 15 is 0 Å². The quantitative estimate of drug-likeness (QED) is 0.784. The van der Waals surface area contributed by atoms with Crippen LogP contribution in [-0.2, 0) is 4.74 Å². The van der Waals surface area contributed by atoms with E-state index in [1.54, 1.807) is 12.1 Å². The van der Waals surface area contributed by atoms with Crippen LogP contribution in [0.3, 0.4) is 0 Å². The van der Waals surface area contributed by atoms with E-state index in [9.17, 15) is 0 Å². The van der Waals surface area contributed by atoms with Gasteiger partial charge in [0.15, 0.2) is 0 Å². The van der Waals surface area contributed by atoms with Gasteiger partial charge in [0.1, 0.15) is 5.82 Å². The monoisotopic (exact) mass is 260 g/mol. The van der Waals surface area contributed by atoms with Gasteiger partial charge in [-0.25, -0.2) is 4.98 Å². The minimum Gasteiger partial charge on any atom is -0.376 e. The molecule has 2 heterocycles. The van der Waals surface area contributed by atoms with E-state index in [4.69, 9.17) is 10.00 Å². The molecule has 0 unspecified atom stereocenters. The lowest BCUT2D eigenvalue weighted by molar-refractivity contribution is 0.0394. The van der Waals surface area contributed by atoms with Crippen LogP contribution in [0.2, 0.25) is 0 Å². The molecule has 5 heteroatoms. The number of anilines is 1. The standard InChI is InChI=1S/C14H20N4O/c1-11-8-12(10-15)9-14(18-11)17-6-7-19-13-2-4-16-5-3-13/h8-9,13,16H,2-7H2,1H3,(H,17,18). The number of ether oxygens (including phenoxy) is 1. The number of rotatable bonds is 5. The van der Waals surface area contributed by atoms with Crippen molar-refractivity contribution in [3.05, 3.63) is 23.4 Å². The van der Waals surface area contributed by atoms with Crippen molar-refractivity contribution in [2.75, 3.05) is 31.6 Å². The minimum atomic E-state index is 0.378. The molecule has 1 aromatic heterocycles. The van der Waals surface area contributed by atoms with Gasteiger partial charge in [-0.05, 0) is 45.0 Å². The highest BCUT2D eigenvalue weighted by Gasteiger charge is 2.12. The second-order valence-electron chi connectivity index (χ2n) is 4.74. The van der Waals surface area contributed by atoms with Crippen molar-refractivity contribution in [2.45, 2.75) is 25.9 Å². The molecule has 1 aliphatic rings. The van der Waals surface area contributed by atoms with Crippen LogP contribution in [0.1, 0.15) is 24.1 Å². The van der Waals surface area contributed by atoms with Crippen molar-refractivity contribution in [3.63, 3.8) is 0 Å². The summed E-state index contributed by atoms with van der Waals surface area (Å²) in [6, 6.07) is 5.67. The number of piperidine rings is 1. The summed E-state index contributed by atoms with van der Waals surface area (Å²) in [5.41, 5.74) is 1.48. The molecule has 1 aromatic rings. The van der Waals surface area contributed by atoms with Crippen molar-refractivity contribution in [1.29, 1.82) is 5.26 Å². The van der Waals surface area contributed by atoms with Crippen LogP contribution < -0.4 is 10.6 Å². The molecule has 0 radical (unpaired) electrons. The molecule has 5 nitrogen and oxygen atoms in total. The normalized spacial score (nSPS) is 16.0. The molecule has 0 bridgehead atoms. The van der Waals surface area contributed by atoms with Crippen LogP contribution in [0.25, 0.3) is 0 Å². The van der Waals surface area contributed by atoms with Crippen LogP contribution in [0.5, 0.6) is 0 Å². The van der Waals surface area contributed by atoms with Crippen molar-refractivity contribution in [1.82, 2.24) is 10.3 Å². The minimum absolute atomic E-state index is 0.378. The van der Waals surface area contributed by atoms with E-state index in [-0.39, 0.29) is 0 Å². The topological polar surface area (TPSA) is 70.0 Å². The molecule has 0 amide bonds. The number of pyridine rings is 1. The summed E-state index contributed by atoms with van der Waals surface area (Å²) in [5, 5.41) is 15.4. The van der Waals surface area contributed by atoms with E-state index in [2.05, 4.69) is 21.7 Å². The molecule has 0 aromatic carbocycles. The fourth-order valence-electron chi connectivity index (χ4n) is 2.19. The fourth-order valence-corrected chi connectivity index (χ4v) is 2.19. The van der Waals surface area contributed by atoms with Crippen LogP contribution in [0.15, 0.2) is 12.1 Å². The summed E-state index contributed by atoms with van der Waals surface area (Å²) >= 11 is 0. The van der Waals surface area contributed by atoms with Crippen LogP contribution in [-0.4, -0.2) is 37.3 Å². The molecule has 0 saturated carbocycles. The molecule has 19 heavy (non-hydrogen) atoms. The summed E-state index contributed by atoms with van der Waals surface area (Å²) in [5.74, 6) is 0.741. The van der Waals surface area contributed by atoms with Gasteiger partial charge in [0.05, 0.1) is 24.3 Å². The lowest BCUT2D eigenvalue weighted by Crippen LogP contribution is -2.33. The Bertz CT molecular complexity index is 449. The number of nitrogens with zero attached hydrogens (tertiary/aromatic N) is 2. The zero-order valence-electron chi connectivity index (χ0n) is 11.3. The number of hydrogen-bond acceptors (Lipinski definition) is 5. The van der Waals surface area contributed by atoms with Crippen LogP contribution >= 0.6 is 0 Å². The summed E-state index contributed by atoms with van der Waals surface area (Å²) in [4.78, 5) is 4.34. The highest BCUT2D eigenvalue weighted by Crippen LogP contribution is 2.10. The van der Waals surface area contributed by atoms with Crippen molar-refractivity contribution >= 4 is 5.82 Å². The zero-order valence-corrected chi connectivity index (χ0v) is 11.3. The first-order chi connectivity index (χ1) is 9.28. The molecular formula is C14H20N4O. The Balaban J connectivity index is 1.73.